The summed E-state index contributed by atoms with van der Waals surface area (Å²) in [4.78, 5) is 16.1. The van der Waals surface area contributed by atoms with Crippen LogP contribution in [0.2, 0.25) is 0 Å². The van der Waals surface area contributed by atoms with Crippen LogP contribution in [0, 0.1) is 11.6 Å². The van der Waals surface area contributed by atoms with E-state index in [0.29, 0.717) is 5.69 Å². The van der Waals surface area contributed by atoms with Crippen molar-refractivity contribution in [2.45, 2.75) is 0 Å². The van der Waals surface area contributed by atoms with Gasteiger partial charge in [0.1, 0.15) is 11.6 Å². The highest BCUT2D eigenvalue weighted by atomic mass is 19.1. The molecule has 0 fully saturated rings. The van der Waals surface area contributed by atoms with Gasteiger partial charge in [-0.25, -0.2) is 8.78 Å². The molecular formula is C16H10F2N2O. The van der Waals surface area contributed by atoms with Gasteiger partial charge in [0.15, 0.2) is 0 Å². The molecule has 21 heavy (non-hydrogen) atoms. The number of amides is 1. The van der Waals surface area contributed by atoms with Gasteiger partial charge < -0.3 is 5.32 Å². The van der Waals surface area contributed by atoms with Gasteiger partial charge in [-0.3, -0.25) is 9.78 Å². The van der Waals surface area contributed by atoms with E-state index in [1.807, 2.05) is 6.07 Å². The summed E-state index contributed by atoms with van der Waals surface area (Å²) < 4.78 is 26.3. The number of nitrogens with one attached hydrogen (secondary N) is 1. The van der Waals surface area contributed by atoms with Crippen molar-refractivity contribution in [2.24, 2.45) is 0 Å². The van der Waals surface area contributed by atoms with Crippen molar-refractivity contribution in [1.29, 1.82) is 0 Å². The van der Waals surface area contributed by atoms with E-state index < -0.39 is 17.5 Å². The Labute approximate surface area is 119 Å². The largest absolute Gasteiger partial charge is 0.321 e. The van der Waals surface area contributed by atoms with Crippen molar-refractivity contribution in [3.05, 3.63) is 72.1 Å². The van der Waals surface area contributed by atoms with Crippen LogP contribution in [-0.4, -0.2) is 10.9 Å². The summed E-state index contributed by atoms with van der Waals surface area (Å²) in [6.45, 7) is 0. The molecule has 0 aliphatic carbocycles. The molecule has 0 radical (unpaired) electrons. The van der Waals surface area contributed by atoms with Crippen molar-refractivity contribution in [2.75, 3.05) is 5.32 Å². The maximum absolute atomic E-state index is 13.2. The highest BCUT2D eigenvalue weighted by Crippen LogP contribution is 2.23. The highest BCUT2D eigenvalue weighted by molar-refractivity contribution is 6.09. The average molecular weight is 284 g/mol. The Morgan fingerprint density at radius 2 is 1.81 bits per heavy atom. The van der Waals surface area contributed by atoms with Crippen LogP contribution in [0.15, 0.2) is 54.9 Å². The maximum atomic E-state index is 13.2. The molecule has 5 heteroatoms. The Morgan fingerprint density at radius 3 is 2.57 bits per heavy atom. The molecule has 0 unspecified atom stereocenters. The molecule has 1 amide bonds. The predicted octanol–water partition coefficient (Wildman–Crippen LogP) is 3.77. The van der Waals surface area contributed by atoms with Crippen molar-refractivity contribution < 1.29 is 13.6 Å². The normalized spacial score (nSPS) is 10.6. The van der Waals surface area contributed by atoms with Gasteiger partial charge in [0.25, 0.3) is 5.91 Å². The minimum Gasteiger partial charge on any atom is -0.321 e. The number of pyridine rings is 1. The Kier molecular flexibility index (Phi) is 3.31. The molecule has 104 valence electrons. The van der Waals surface area contributed by atoms with Crippen molar-refractivity contribution >= 4 is 22.4 Å². The number of aromatic nitrogens is 1. The number of hydrogen-bond donors (Lipinski definition) is 1. The molecule has 2 aromatic carbocycles. The quantitative estimate of drug-likeness (QED) is 0.778. The van der Waals surface area contributed by atoms with E-state index in [-0.39, 0.29) is 5.56 Å². The summed E-state index contributed by atoms with van der Waals surface area (Å²) in [6.07, 6.45) is 3.28. The van der Waals surface area contributed by atoms with Crippen LogP contribution >= 0.6 is 0 Å². The first-order chi connectivity index (χ1) is 10.1. The van der Waals surface area contributed by atoms with E-state index >= 15 is 0 Å². The number of anilines is 1. The molecule has 3 nitrogen and oxygen atoms in total. The lowest BCUT2D eigenvalue weighted by Gasteiger charge is -2.08. The second kappa shape index (κ2) is 5.28. The minimum absolute atomic E-state index is 0.0708. The van der Waals surface area contributed by atoms with Crippen LogP contribution in [0.4, 0.5) is 14.5 Å². The van der Waals surface area contributed by atoms with Gasteiger partial charge in [-0.15, -0.1) is 0 Å². The third kappa shape index (κ3) is 2.72. The number of hydrogen-bond acceptors (Lipinski definition) is 2. The molecule has 0 bridgehead atoms. The zero-order valence-electron chi connectivity index (χ0n) is 10.8. The minimum atomic E-state index is -0.790. The number of benzene rings is 2. The van der Waals surface area contributed by atoms with Crippen LogP contribution in [0.3, 0.4) is 0 Å². The Morgan fingerprint density at radius 1 is 1.05 bits per heavy atom. The SMILES string of the molecule is O=C(Nc1cccc2cnccc12)c1cc(F)cc(F)c1. The van der Waals surface area contributed by atoms with Gasteiger partial charge in [-0.1, -0.05) is 12.1 Å². The first kappa shape index (κ1) is 13.2. The summed E-state index contributed by atoms with van der Waals surface area (Å²) in [5.74, 6) is -2.15. The van der Waals surface area contributed by atoms with Crippen LogP contribution in [-0.2, 0) is 0 Å². The van der Waals surface area contributed by atoms with Crippen molar-refractivity contribution in [3.63, 3.8) is 0 Å². The number of fused-ring (bicyclic) bond motifs is 1. The Balaban J connectivity index is 1.96. The van der Waals surface area contributed by atoms with Crippen LogP contribution in [0.1, 0.15) is 10.4 Å². The summed E-state index contributed by atoms with van der Waals surface area (Å²) in [5, 5.41) is 4.32. The zero-order valence-corrected chi connectivity index (χ0v) is 10.8. The molecule has 0 aliphatic heterocycles. The number of halogens is 2. The summed E-state index contributed by atoms with van der Waals surface area (Å²) >= 11 is 0. The van der Waals surface area contributed by atoms with E-state index in [1.165, 1.54) is 0 Å². The molecule has 0 saturated heterocycles. The third-order valence-electron chi connectivity index (χ3n) is 3.05. The fraction of sp³-hybridized carbons (Fsp3) is 0. The van der Waals surface area contributed by atoms with Gasteiger partial charge >= 0.3 is 0 Å². The van der Waals surface area contributed by atoms with E-state index in [0.717, 1.165) is 29.0 Å². The lowest BCUT2D eigenvalue weighted by molar-refractivity contribution is 0.102. The summed E-state index contributed by atoms with van der Waals surface area (Å²) in [5.41, 5.74) is 0.489. The van der Waals surface area contributed by atoms with E-state index in [1.54, 1.807) is 30.6 Å². The predicted molar refractivity (Wildman–Crippen MR) is 76.1 cm³/mol. The van der Waals surface area contributed by atoms with Crippen LogP contribution in [0.25, 0.3) is 10.8 Å². The first-order valence-electron chi connectivity index (χ1n) is 6.24. The molecule has 0 aliphatic rings. The van der Waals surface area contributed by atoms with E-state index in [9.17, 15) is 13.6 Å². The molecule has 1 heterocycles. The molecule has 1 N–H and O–H groups in total. The van der Waals surface area contributed by atoms with Gasteiger partial charge in [-0.05, 0) is 24.3 Å². The molecule has 0 spiro atoms. The van der Waals surface area contributed by atoms with E-state index in [4.69, 9.17) is 0 Å². The van der Waals surface area contributed by atoms with Crippen molar-refractivity contribution in [1.82, 2.24) is 4.98 Å². The average Bonchev–Trinajstić information content (AvgIpc) is 2.46. The van der Waals surface area contributed by atoms with Gasteiger partial charge in [0.05, 0.1) is 0 Å². The lowest BCUT2D eigenvalue weighted by Crippen LogP contribution is -2.12. The van der Waals surface area contributed by atoms with Crippen molar-refractivity contribution in [3.8, 4) is 0 Å². The maximum Gasteiger partial charge on any atom is 0.255 e. The van der Waals surface area contributed by atoms with Crippen LogP contribution in [0.5, 0.6) is 0 Å². The molecule has 0 atom stereocenters. The van der Waals surface area contributed by atoms with Crippen LogP contribution < -0.4 is 5.32 Å². The second-order valence-corrected chi connectivity index (χ2v) is 4.51. The first-order valence-corrected chi connectivity index (χ1v) is 6.24. The molecule has 3 rings (SSSR count). The molecular weight excluding hydrogens is 274 g/mol. The Hall–Kier alpha value is -2.82. The second-order valence-electron chi connectivity index (χ2n) is 4.51. The topological polar surface area (TPSA) is 42.0 Å². The molecule has 3 aromatic rings. The summed E-state index contributed by atoms with van der Waals surface area (Å²) in [6, 6.07) is 9.81. The highest BCUT2D eigenvalue weighted by Gasteiger charge is 2.11. The number of rotatable bonds is 2. The lowest BCUT2D eigenvalue weighted by atomic mass is 10.1. The third-order valence-corrected chi connectivity index (χ3v) is 3.05. The van der Waals surface area contributed by atoms with Gasteiger partial charge in [-0.2, -0.15) is 0 Å². The summed E-state index contributed by atoms with van der Waals surface area (Å²) in [7, 11) is 0. The number of nitrogens with zero attached hydrogens (tertiary/aromatic N) is 1. The fourth-order valence-corrected chi connectivity index (χ4v) is 2.11. The monoisotopic (exact) mass is 284 g/mol. The molecule has 0 saturated carbocycles. The number of carbonyl (C=O) groups is 1. The smallest absolute Gasteiger partial charge is 0.255 e. The van der Waals surface area contributed by atoms with Gasteiger partial charge in [0.2, 0.25) is 0 Å². The van der Waals surface area contributed by atoms with E-state index in [2.05, 4.69) is 10.3 Å². The van der Waals surface area contributed by atoms with Gasteiger partial charge in [0, 0.05) is 40.5 Å². The zero-order chi connectivity index (χ0) is 14.8. The fourth-order valence-electron chi connectivity index (χ4n) is 2.11. The Bertz CT molecular complexity index is 808. The standard InChI is InChI=1S/C16H10F2N2O/c17-12-6-11(7-13(18)8-12)16(21)20-15-3-1-2-10-9-19-5-4-14(10)15/h1-9H,(H,20,21). The molecule has 1 aromatic heterocycles. The number of carbonyl (C=O) groups excluding carboxylic acids is 1.